The van der Waals surface area contributed by atoms with Crippen LogP contribution in [0.4, 0.5) is 0 Å². The quantitative estimate of drug-likeness (QED) is 0.0387. The Hall–Kier alpha value is -6.52. The minimum atomic E-state index is -1.77. The summed E-state index contributed by atoms with van der Waals surface area (Å²) in [6.45, 7) is 14.8. The van der Waals surface area contributed by atoms with E-state index in [-0.39, 0.29) is 31.6 Å². The summed E-state index contributed by atoms with van der Waals surface area (Å²) in [6.07, 6.45) is 0.868. The van der Waals surface area contributed by atoms with Gasteiger partial charge in [0, 0.05) is 13.0 Å². The third-order valence-corrected chi connectivity index (χ3v) is 10.4. The summed E-state index contributed by atoms with van der Waals surface area (Å²) < 4.78 is 21.9. The average Bonchev–Trinajstić information content (AvgIpc) is 3.22. The second kappa shape index (κ2) is 22.8. The van der Waals surface area contributed by atoms with Crippen molar-refractivity contribution in [3.8, 4) is 5.75 Å². The Labute approximate surface area is 392 Å². The minimum absolute atomic E-state index is 0.0708. The van der Waals surface area contributed by atoms with Crippen molar-refractivity contribution in [3.05, 3.63) is 77.9 Å². The van der Waals surface area contributed by atoms with Crippen LogP contribution in [0, 0.1) is 0 Å². The van der Waals surface area contributed by atoms with E-state index in [1.54, 1.807) is 62.3 Å². The van der Waals surface area contributed by atoms with E-state index < -0.39 is 94.4 Å². The molecule has 17 nitrogen and oxygen atoms in total. The zero-order chi connectivity index (χ0) is 49.7. The molecule has 6 N–H and O–H groups in total. The molecule has 1 aliphatic carbocycles. The smallest absolute Gasteiger partial charge is 0.397 e. The van der Waals surface area contributed by atoms with Crippen molar-refractivity contribution in [2.24, 2.45) is 5.73 Å². The molecule has 0 aliphatic heterocycles. The van der Waals surface area contributed by atoms with Crippen molar-refractivity contribution < 1.29 is 57.3 Å². The van der Waals surface area contributed by atoms with Crippen LogP contribution in [0.1, 0.15) is 118 Å². The van der Waals surface area contributed by atoms with Gasteiger partial charge in [-0.25, -0.2) is 14.4 Å². The zero-order valence-electron chi connectivity index (χ0n) is 40.1. The Balaban J connectivity index is 1.54. The SMILES string of the molecule is CC(C)(C)OC(=O)C(=O)N[C@@H](Cc1ccc(OC(C(=O)OC(C)(C)C)C(=O)OC(C)(C)C)cc1)C(=O)NC1(C(=O)N[C@@H](CC(N)=O)C(=O)NCCCc2cccc3ccccc23)CCCCC1. The lowest BCUT2D eigenvalue weighted by atomic mass is 9.80. The molecule has 0 saturated heterocycles. The molecule has 0 radical (unpaired) electrons. The number of rotatable bonds is 18. The molecule has 67 heavy (non-hydrogen) atoms. The number of nitrogens with two attached hydrogens (primary N) is 1. The first-order chi connectivity index (χ1) is 31.2. The minimum Gasteiger partial charge on any atom is -0.467 e. The molecule has 1 fully saturated rings. The van der Waals surface area contributed by atoms with Gasteiger partial charge < -0.3 is 45.9 Å². The Morgan fingerprint density at radius 1 is 0.672 bits per heavy atom. The van der Waals surface area contributed by atoms with E-state index in [9.17, 15) is 38.4 Å². The Morgan fingerprint density at radius 2 is 1.25 bits per heavy atom. The number of hydrogen-bond acceptors (Lipinski definition) is 12. The van der Waals surface area contributed by atoms with Gasteiger partial charge in [-0.05, 0) is 122 Å². The van der Waals surface area contributed by atoms with Crippen LogP contribution in [0.3, 0.4) is 0 Å². The van der Waals surface area contributed by atoms with Crippen molar-refractivity contribution in [2.75, 3.05) is 6.54 Å². The lowest BCUT2D eigenvalue weighted by Gasteiger charge is -2.38. The van der Waals surface area contributed by atoms with Crippen LogP contribution in [-0.2, 0) is 65.4 Å². The fourth-order valence-corrected chi connectivity index (χ4v) is 7.45. The predicted molar refractivity (Wildman–Crippen MR) is 249 cm³/mol. The van der Waals surface area contributed by atoms with Gasteiger partial charge in [0.15, 0.2) is 0 Å². The molecule has 3 aromatic carbocycles. The Bertz CT molecular complexity index is 2230. The molecule has 3 aromatic rings. The fraction of sp³-hybridized carbons (Fsp3) is 0.520. The fourth-order valence-electron chi connectivity index (χ4n) is 7.45. The molecule has 364 valence electrons. The third kappa shape index (κ3) is 17.0. The van der Waals surface area contributed by atoms with E-state index in [4.69, 9.17) is 24.7 Å². The second-order valence-corrected chi connectivity index (χ2v) is 19.8. The number of ether oxygens (including phenoxy) is 4. The number of aryl methyl sites for hydroxylation is 1. The van der Waals surface area contributed by atoms with Crippen LogP contribution in [0.15, 0.2) is 66.7 Å². The number of carbonyl (C=O) groups excluding carboxylic acids is 8. The molecule has 1 saturated carbocycles. The molecule has 5 amide bonds. The number of fused-ring (bicyclic) bond motifs is 1. The Morgan fingerprint density at radius 3 is 1.84 bits per heavy atom. The van der Waals surface area contributed by atoms with Crippen molar-refractivity contribution in [3.63, 3.8) is 0 Å². The van der Waals surface area contributed by atoms with Crippen molar-refractivity contribution in [1.29, 1.82) is 0 Å². The first kappa shape index (κ1) is 53.1. The number of primary amides is 1. The van der Waals surface area contributed by atoms with Crippen LogP contribution >= 0.6 is 0 Å². The highest BCUT2D eigenvalue weighted by Gasteiger charge is 2.44. The molecule has 4 rings (SSSR count). The normalized spacial score (nSPS) is 14.7. The van der Waals surface area contributed by atoms with E-state index >= 15 is 0 Å². The van der Waals surface area contributed by atoms with E-state index in [0.717, 1.165) is 22.8 Å². The lowest BCUT2D eigenvalue weighted by Crippen LogP contribution is -2.65. The van der Waals surface area contributed by atoms with E-state index in [0.29, 0.717) is 31.2 Å². The maximum Gasteiger partial charge on any atom is 0.397 e. The lowest BCUT2D eigenvalue weighted by molar-refractivity contribution is -0.179. The summed E-state index contributed by atoms with van der Waals surface area (Å²) in [5.74, 6) is -7.33. The summed E-state index contributed by atoms with van der Waals surface area (Å²) >= 11 is 0. The van der Waals surface area contributed by atoms with Gasteiger partial charge >= 0.3 is 23.8 Å². The second-order valence-electron chi connectivity index (χ2n) is 19.8. The standard InChI is InChI=1S/C50H67N5O12/c1-47(2,3)65-43(60)39(44(61)66-48(4,5)6)64-34-24-22-31(23-25-34)29-36(53-42(59)45(62)67-49(7,8)9)41(58)55-50(26-13-10-14-27-50)46(63)54-37(30-38(51)56)40(57)52-28-16-20-33-19-15-18-32-17-11-12-21-35(32)33/h11-12,15,17-19,21-25,36-37,39H,10,13-14,16,20,26-30H2,1-9H3,(H2,51,56)(H,52,57)(H,53,59)(H,54,63)(H,55,58)/t36-,37-/m0/s1. The maximum absolute atomic E-state index is 14.4. The van der Waals surface area contributed by atoms with Gasteiger partial charge in [-0.1, -0.05) is 73.9 Å². The maximum atomic E-state index is 14.4. The van der Waals surface area contributed by atoms with Crippen LogP contribution in [0.5, 0.6) is 5.75 Å². The van der Waals surface area contributed by atoms with Crippen molar-refractivity contribution in [1.82, 2.24) is 21.3 Å². The van der Waals surface area contributed by atoms with Crippen molar-refractivity contribution >= 4 is 58.2 Å². The molecule has 0 aromatic heterocycles. The molecule has 1 aliphatic rings. The molecule has 0 unspecified atom stereocenters. The van der Waals surface area contributed by atoms with Crippen LogP contribution < -0.4 is 31.7 Å². The van der Waals surface area contributed by atoms with Crippen LogP contribution in [-0.4, -0.2) is 94.5 Å². The van der Waals surface area contributed by atoms with Gasteiger partial charge in [-0.3, -0.25) is 24.0 Å². The number of carbonyl (C=O) groups is 8. The number of benzene rings is 3. The van der Waals surface area contributed by atoms with E-state index in [1.807, 2.05) is 42.5 Å². The van der Waals surface area contributed by atoms with Gasteiger partial charge in [-0.15, -0.1) is 0 Å². The summed E-state index contributed by atoms with van der Waals surface area (Å²) in [7, 11) is 0. The topological polar surface area (TPSA) is 248 Å². The highest BCUT2D eigenvalue weighted by Crippen LogP contribution is 2.30. The molecule has 2 atom stereocenters. The van der Waals surface area contributed by atoms with E-state index in [2.05, 4.69) is 21.3 Å². The molecule has 17 heteroatoms. The summed E-state index contributed by atoms with van der Waals surface area (Å²) in [5.41, 5.74) is 2.58. The van der Waals surface area contributed by atoms with Crippen molar-refractivity contribution in [2.45, 2.75) is 161 Å². The summed E-state index contributed by atoms with van der Waals surface area (Å²) in [6, 6.07) is 17.1. The molecule has 0 spiro atoms. The number of hydrogen-bond donors (Lipinski definition) is 5. The monoisotopic (exact) mass is 929 g/mol. The van der Waals surface area contributed by atoms with Gasteiger partial charge in [-0.2, -0.15) is 0 Å². The van der Waals surface area contributed by atoms with Gasteiger partial charge in [0.25, 0.3) is 6.10 Å². The van der Waals surface area contributed by atoms with Gasteiger partial charge in [0.1, 0.15) is 40.2 Å². The number of nitrogens with one attached hydrogen (secondary N) is 4. The van der Waals surface area contributed by atoms with Gasteiger partial charge in [0.2, 0.25) is 23.6 Å². The first-order valence-electron chi connectivity index (χ1n) is 22.6. The Kier molecular flexibility index (Phi) is 18.1. The van der Waals surface area contributed by atoms with Crippen LogP contribution in [0.25, 0.3) is 10.8 Å². The molecule has 0 bridgehead atoms. The molecular weight excluding hydrogens is 863 g/mol. The number of esters is 3. The third-order valence-electron chi connectivity index (χ3n) is 10.4. The van der Waals surface area contributed by atoms with E-state index in [1.165, 1.54) is 24.3 Å². The number of amides is 5. The zero-order valence-corrected chi connectivity index (χ0v) is 40.1. The summed E-state index contributed by atoms with van der Waals surface area (Å²) in [5, 5.41) is 13.0. The average molecular weight is 930 g/mol. The largest absolute Gasteiger partial charge is 0.467 e. The van der Waals surface area contributed by atoms with Crippen LogP contribution in [0.2, 0.25) is 0 Å². The highest BCUT2D eigenvalue weighted by atomic mass is 16.6. The predicted octanol–water partition coefficient (Wildman–Crippen LogP) is 4.57. The molecule has 0 heterocycles. The molecular formula is C50H67N5O12. The van der Waals surface area contributed by atoms with Gasteiger partial charge in [0.05, 0.1) is 6.42 Å². The highest BCUT2D eigenvalue weighted by molar-refractivity contribution is 6.33. The first-order valence-corrected chi connectivity index (χ1v) is 22.6. The summed E-state index contributed by atoms with van der Waals surface area (Å²) in [4.78, 5) is 107.